The number of aromatic carboxylic acids is 1. The number of nitrogens with zero attached hydrogens (tertiary/aromatic N) is 2. The Morgan fingerprint density at radius 2 is 1.79 bits per heavy atom. The molecular formula is C16H13N5O3. The van der Waals surface area contributed by atoms with E-state index in [1.807, 2.05) is 0 Å². The lowest BCUT2D eigenvalue weighted by Gasteiger charge is -2.00. The molecule has 0 bridgehead atoms. The molecule has 0 spiro atoms. The number of nitrogen functional groups attached to an aromatic ring is 1. The molecule has 3 aromatic rings. The van der Waals surface area contributed by atoms with Crippen molar-refractivity contribution >= 4 is 23.0 Å². The van der Waals surface area contributed by atoms with E-state index in [1.54, 1.807) is 36.4 Å². The van der Waals surface area contributed by atoms with Gasteiger partial charge >= 0.3 is 5.97 Å². The second-order valence-electron chi connectivity index (χ2n) is 4.98. The standard InChI is InChI=1S/C16H13N5O3/c17-11-6-4-9(5-7-11)13-14(15(22)21-19-13)20-18-12-3-1-2-10(8-12)16(23)24/h1-8H,17H2,(H,23,24)(H2,19,21,22). The van der Waals surface area contributed by atoms with Crippen LogP contribution in [-0.2, 0) is 0 Å². The summed E-state index contributed by atoms with van der Waals surface area (Å²) < 4.78 is 0. The third-order valence-corrected chi connectivity index (χ3v) is 3.31. The molecule has 120 valence electrons. The average molecular weight is 323 g/mol. The van der Waals surface area contributed by atoms with E-state index in [-0.39, 0.29) is 11.3 Å². The maximum absolute atomic E-state index is 11.9. The van der Waals surface area contributed by atoms with Crippen molar-refractivity contribution in [2.24, 2.45) is 10.2 Å². The minimum absolute atomic E-state index is 0.0909. The molecule has 5 N–H and O–H groups in total. The summed E-state index contributed by atoms with van der Waals surface area (Å²) in [4.78, 5) is 22.9. The Morgan fingerprint density at radius 3 is 2.50 bits per heavy atom. The quantitative estimate of drug-likeness (QED) is 0.433. The number of aromatic nitrogens is 2. The van der Waals surface area contributed by atoms with Gasteiger partial charge in [-0.15, -0.1) is 5.11 Å². The second-order valence-corrected chi connectivity index (χ2v) is 4.98. The van der Waals surface area contributed by atoms with Gasteiger partial charge in [0.1, 0.15) is 0 Å². The summed E-state index contributed by atoms with van der Waals surface area (Å²) in [7, 11) is 0. The maximum atomic E-state index is 11.9. The second kappa shape index (κ2) is 6.21. The molecule has 1 heterocycles. The van der Waals surface area contributed by atoms with Crippen LogP contribution in [0, 0.1) is 0 Å². The number of hydrogen-bond acceptors (Lipinski definition) is 5. The highest BCUT2D eigenvalue weighted by molar-refractivity contribution is 5.88. The summed E-state index contributed by atoms with van der Waals surface area (Å²) in [6, 6.07) is 12.9. The Kier molecular flexibility index (Phi) is 3.94. The number of nitrogens with two attached hydrogens (primary N) is 1. The number of rotatable bonds is 4. The number of nitrogens with one attached hydrogen (secondary N) is 2. The van der Waals surface area contributed by atoms with Crippen LogP contribution in [0.4, 0.5) is 17.1 Å². The lowest BCUT2D eigenvalue weighted by Crippen LogP contribution is -1.96. The summed E-state index contributed by atoms with van der Waals surface area (Å²) in [5.74, 6) is -1.06. The number of benzene rings is 2. The largest absolute Gasteiger partial charge is 0.478 e. The first kappa shape index (κ1) is 15.2. The van der Waals surface area contributed by atoms with E-state index in [4.69, 9.17) is 10.8 Å². The molecular weight excluding hydrogens is 310 g/mol. The highest BCUT2D eigenvalue weighted by Crippen LogP contribution is 2.27. The van der Waals surface area contributed by atoms with Crippen LogP contribution in [0.1, 0.15) is 10.4 Å². The minimum atomic E-state index is -1.06. The predicted molar refractivity (Wildman–Crippen MR) is 88.8 cm³/mol. The highest BCUT2D eigenvalue weighted by atomic mass is 16.4. The summed E-state index contributed by atoms with van der Waals surface area (Å²) in [6.45, 7) is 0. The van der Waals surface area contributed by atoms with E-state index in [1.165, 1.54) is 12.1 Å². The maximum Gasteiger partial charge on any atom is 0.335 e. The van der Waals surface area contributed by atoms with Gasteiger partial charge in [-0.2, -0.15) is 5.11 Å². The van der Waals surface area contributed by atoms with Gasteiger partial charge in [-0.25, -0.2) is 4.79 Å². The lowest BCUT2D eigenvalue weighted by molar-refractivity contribution is 0.0697. The highest BCUT2D eigenvalue weighted by Gasteiger charge is 2.11. The fraction of sp³-hybridized carbons (Fsp3) is 0. The van der Waals surface area contributed by atoms with Gasteiger partial charge in [-0.1, -0.05) is 18.2 Å². The van der Waals surface area contributed by atoms with Crippen LogP contribution >= 0.6 is 0 Å². The van der Waals surface area contributed by atoms with Gasteiger partial charge in [-0.05, 0) is 30.3 Å². The fourth-order valence-electron chi connectivity index (χ4n) is 2.11. The van der Waals surface area contributed by atoms with Crippen molar-refractivity contribution in [2.45, 2.75) is 0 Å². The summed E-state index contributed by atoms with van der Waals surface area (Å²) in [5.41, 5.74) is 7.53. The Balaban J connectivity index is 1.97. The Hall–Kier alpha value is -3.68. The Labute approximate surface area is 135 Å². The van der Waals surface area contributed by atoms with Crippen LogP contribution in [0.3, 0.4) is 0 Å². The zero-order valence-electron chi connectivity index (χ0n) is 12.4. The van der Waals surface area contributed by atoms with E-state index in [9.17, 15) is 9.59 Å². The first-order valence-electron chi connectivity index (χ1n) is 6.96. The molecule has 3 rings (SSSR count). The molecule has 0 radical (unpaired) electrons. The van der Waals surface area contributed by atoms with Gasteiger partial charge in [-0.3, -0.25) is 15.0 Å². The van der Waals surface area contributed by atoms with E-state index in [0.29, 0.717) is 17.1 Å². The first-order chi connectivity index (χ1) is 11.5. The third-order valence-electron chi connectivity index (χ3n) is 3.31. The van der Waals surface area contributed by atoms with Gasteiger partial charge in [0.25, 0.3) is 5.56 Å². The average Bonchev–Trinajstić information content (AvgIpc) is 2.95. The van der Waals surface area contributed by atoms with Crippen LogP contribution in [0.25, 0.3) is 11.3 Å². The Bertz CT molecular complexity index is 970. The number of aromatic amines is 2. The van der Waals surface area contributed by atoms with E-state index in [2.05, 4.69) is 20.4 Å². The van der Waals surface area contributed by atoms with Crippen molar-refractivity contribution in [1.82, 2.24) is 10.2 Å². The van der Waals surface area contributed by atoms with Crippen molar-refractivity contribution in [1.29, 1.82) is 0 Å². The van der Waals surface area contributed by atoms with Crippen molar-refractivity contribution in [2.75, 3.05) is 5.73 Å². The number of carboxylic acid groups (broad SMARTS) is 1. The molecule has 8 nitrogen and oxygen atoms in total. The van der Waals surface area contributed by atoms with Crippen LogP contribution in [0.5, 0.6) is 0 Å². The number of carboxylic acids is 1. The van der Waals surface area contributed by atoms with Crippen molar-refractivity contribution in [3.8, 4) is 11.3 Å². The molecule has 0 amide bonds. The molecule has 1 aromatic heterocycles. The molecule has 0 saturated carbocycles. The number of anilines is 1. The van der Waals surface area contributed by atoms with Crippen molar-refractivity contribution < 1.29 is 9.90 Å². The van der Waals surface area contributed by atoms with Gasteiger partial charge in [0.15, 0.2) is 5.69 Å². The molecule has 0 aliphatic rings. The van der Waals surface area contributed by atoms with Gasteiger partial charge < -0.3 is 10.8 Å². The number of H-pyrrole nitrogens is 2. The lowest BCUT2D eigenvalue weighted by atomic mass is 10.1. The number of hydrogen-bond donors (Lipinski definition) is 4. The zero-order valence-corrected chi connectivity index (χ0v) is 12.4. The van der Waals surface area contributed by atoms with Crippen LogP contribution in [0.2, 0.25) is 0 Å². The first-order valence-corrected chi connectivity index (χ1v) is 6.96. The Morgan fingerprint density at radius 1 is 1.04 bits per heavy atom. The third kappa shape index (κ3) is 3.07. The normalized spacial score (nSPS) is 11.0. The van der Waals surface area contributed by atoms with Gasteiger partial charge in [0.05, 0.1) is 16.9 Å². The smallest absolute Gasteiger partial charge is 0.335 e. The molecule has 8 heteroatoms. The molecule has 0 unspecified atom stereocenters. The van der Waals surface area contributed by atoms with Crippen LogP contribution in [-0.4, -0.2) is 21.3 Å². The molecule has 0 aliphatic heterocycles. The molecule has 0 fully saturated rings. The monoisotopic (exact) mass is 323 g/mol. The predicted octanol–water partition coefficient (Wildman–Crippen LogP) is 3.07. The molecule has 0 aliphatic carbocycles. The van der Waals surface area contributed by atoms with Crippen LogP contribution in [0.15, 0.2) is 63.6 Å². The zero-order chi connectivity index (χ0) is 17.1. The summed E-state index contributed by atoms with van der Waals surface area (Å²) in [6.07, 6.45) is 0. The summed E-state index contributed by atoms with van der Waals surface area (Å²) in [5, 5.41) is 22.1. The fourth-order valence-corrected chi connectivity index (χ4v) is 2.11. The van der Waals surface area contributed by atoms with Crippen LogP contribution < -0.4 is 11.3 Å². The topological polar surface area (TPSA) is 137 Å². The van der Waals surface area contributed by atoms with E-state index < -0.39 is 11.5 Å². The molecule has 0 atom stereocenters. The van der Waals surface area contributed by atoms with E-state index >= 15 is 0 Å². The minimum Gasteiger partial charge on any atom is -0.478 e. The van der Waals surface area contributed by atoms with E-state index in [0.717, 1.165) is 5.56 Å². The number of azo groups is 1. The molecule has 24 heavy (non-hydrogen) atoms. The van der Waals surface area contributed by atoms with Crippen molar-refractivity contribution in [3.63, 3.8) is 0 Å². The SMILES string of the molecule is Nc1ccc(-c2[nH][nH]c(=O)c2N=Nc2cccc(C(=O)O)c2)cc1. The number of carbonyl (C=O) groups is 1. The van der Waals surface area contributed by atoms with Gasteiger partial charge in [0, 0.05) is 11.3 Å². The molecule has 0 saturated heterocycles. The van der Waals surface area contributed by atoms with Crippen molar-refractivity contribution in [3.05, 3.63) is 64.4 Å². The van der Waals surface area contributed by atoms with Gasteiger partial charge in [0.2, 0.25) is 0 Å². The molecule has 2 aromatic carbocycles. The summed E-state index contributed by atoms with van der Waals surface area (Å²) >= 11 is 0.